The molecule has 0 spiro atoms. The van der Waals surface area contributed by atoms with E-state index in [1.807, 2.05) is 6.20 Å². The topological polar surface area (TPSA) is 60.0 Å². The molecule has 0 bridgehead atoms. The van der Waals surface area contributed by atoms with Gasteiger partial charge >= 0.3 is 0 Å². The SMILES string of the molecule is NCCCCn1c(CN(CCc2ccccc2)[C@H]2CCCc3cccnc32)nc2ccccc21. The van der Waals surface area contributed by atoms with Crippen LogP contribution in [0.3, 0.4) is 0 Å². The molecule has 2 N–H and O–H groups in total. The molecule has 34 heavy (non-hydrogen) atoms. The van der Waals surface area contributed by atoms with Crippen LogP contribution < -0.4 is 5.73 Å². The summed E-state index contributed by atoms with van der Waals surface area (Å²) in [4.78, 5) is 12.6. The van der Waals surface area contributed by atoms with Crippen molar-refractivity contribution < 1.29 is 0 Å². The summed E-state index contributed by atoms with van der Waals surface area (Å²) in [6.45, 7) is 3.50. The van der Waals surface area contributed by atoms with Gasteiger partial charge in [-0.3, -0.25) is 9.88 Å². The first-order valence-corrected chi connectivity index (χ1v) is 12.7. The minimum Gasteiger partial charge on any atom is -0.330 e. The summed E-state index contributed by atoms with van der Waals surface area (Å²) < 4.78 is 2.42. The molecule has 0 aliphatic heterocycles. The zero-order valence-electron chi connectivity index (χ0n) is 19.9. The molecule has 5 heteroatoms. The number of nitrogens with zero attached hydrogens (tertiary/aromatic N) is 4. The fourth-order valence-corrected chi connectivity index (χ4v) is 5.29. The van der Waals surface area contributed by atoms with Crippen molar-refractivity contribution in [3.05, 3.63) is 95.6 Å². The number of hydrogen-bond donors (Lipinski definition) is 1. The summed E-state index contributed by atoms with van der Waals surface area (Å²) in [7, 11) is 0. The second-order valence-electron chi connectivity index (χ2n) is 9.33. The molecule has 1 aliphatic rings. The lowest BCUT2D eigenvalue weighted by molar-refractivity contribution is 0.162. The van der Waals surface area contributed by atoms with Gasteiger partial charge in [0.2, 0.25) is 0 Å². The van der Waals surface area contributed by atoms with E-state index in [1.165, 1.54) is 28.8 Å². The number of aromatic nitrogens is 3. The van der Waals surface area contributed by atoms with Crippen LogP contribution in [0.5, 0.6) is 0 Å². The highest BCUT2D eigenvalue weighted by molar-refractivity contribution is 5.75. The van der Waals surface area contributed by atoms with Gasteiger partial charge in [0.1, 0.15) is 5.82 Å². The third-order valence-electron chi connectivity index (χ3n) is 7.05. The van der Waals surface area contributed by atoms with Gasteiger partial charge in [-0.2, -0.15) is 0 Å². The van der Waals surface area contributed by atoms with E-state index < -0.39 is 0 Å². The van der Waals surface area contributed by atoms with Crippen molar-refractivity contribution in [1.29, 1.82) is 0 Å². The predicted molar refractivity (Wildman–Crippen MR) is 138 cm³/mol. The van der Waals surface area contributed by atoms with Gasteiger partial charge in [0, 0.05) is 19.3 Å². The lowest BCUT2D eigenvalue weighted by atomic mass is 9.90. The largest absolute Gasteiger partial charge is 0.330 e. The molecule has 0 amide bonds. The number of unbranched alkanes of at least 4 members (excludes halogenated alkanes) is 1. The number of nitrogens with two attached hydrogens (primary N) is 1. The average Bonchev–Trinajstić information content (AvgIpc) is 3.24. The second-order valence-corrected chi connectivity index (χ2v) is 9.33. The minimum absolute atomic E-state index is 0.325. The molecular weight excluding hydrogens is 418 g/mol. The molecule has 5 nitrogen and oxygen atoms in total. The van der Waals surface area contributed by atoms with Gasteiger partial charge in [0.05, 0.1) is 29.3 Å². The van der Waals surface area contributed by atoms with E-state index >= 15 is 0 Å². The second kappa shape index (κ2) is 10.9. The smallest absolute Gasteiger partial charge is 0.124 e. The highest BCUT2D eigenvalue weighted by atomic mass is 15.2. The Morgan fingerprint density at radius 1 is 0.971 bits per heavy atom. The molecule has 0 fully saturated rings. The monoisotopic (exact) mass is 453 g/mol. The van der Waals surface area contributed by atoms with Crippen molar-refractivity contribution in [3.63, 3.8) is 0 Å². The number of imidazole rings is 1. The van der Waals surface area contributed by atoms with Crippen molar-refractivity contribution in [2.75, 3.05) is 13.1 Å². The van der Waals surface area contributed by atoms with Gasteiger partial charge in [0.25, 0.3) is 0 Å². The molecule has 2 aromatic carbocycles. The van der Waals surface area contributed by atoms with E-state index in [-0.39, 0.29) is 0 Å². The molecule has 1 aliphatic carbocycles. The maximum absolute atomic E-state index is 5.80. The first-order chi connectivity index (χ1) is 16.8. The summed E-state index contributed by atoms with van der Waals surface area (Å²) in [6, 6.07) is 24.0. The third-order valence-corrected chi connectivity index (χ3v) is 7.05. The summed E-state index contributed by atoms with van der Waals surface area (Å²) in [5.41, 5.74) is 12.1. The van der Waals surface area contributed by atoms with Gasteiger partial charge in [-0.05, 0) is 74.4 Å². The Balaban J connectivity index is 1.47. The van der Waals surface area contributed by atoms with Crippen LogP contribution in [-0.4, -0.2) is 32.5 Å². The van der Waals surface area contributed by atoms with Gasteiger partial charge in [0.15, 0.2) is 0 Å². The highest BCUT2D eigenvalue weighted by Crippen LogP contribution is 2.34. The number of benzene rings is 2. The lowest BCUT2D eigenvalue weighted by Crippen LogP contribution is -2.34. The number of para-hydroxylation sites is 2. The maximum Gasteiger partial charge on any atom is 0.124 e. The van der Waals surface area contributed by atoms with Crippen molar-refractivity contribution in [2.24, 2.45) is 5.73 Å². The summed E-state index contributed by atoms with van der Waals surface area (Å²) in [6.07, 6.45) is 8.56. The first-order valence-electron chi connectivity index (χ1n) is 12.7. The van der Waals surface area contributed by atoms with E-state index in [4.69, 9.17) is 15.7 Å². The van der Waals surface area contributed by atoms with Crippen LogP contribution in [0.2, 0.25) is 0 Å². The van der Waals surface area contributed by atoms with Gasteiger partial charge in [-0.25, -0.2) is 4.98 Å². The Hall–Kier alpha value is -3.02. The number of pyridine rings is 1. The Kier molecular flexibility index (Phi) is 7.32. The van der Waals surface area contributed by atoms with Crippen LogP contribution in [0.1, 0.15) is 54.4 Å². The number of aryl methyl sites for hydroxylation is 2. The zero-order chi connectivity index (χ0) is 23.2. The lowest BCUT2D eigenvalue weighted by Gasteiger charge is -2.35. The maximum atomic E-state index is 5.80. The quantitative estimate of drug-likeness (QED) is 0.331. The van der Waals surface area contributed by atoms with E-state index in [9.17, 15) is 0 Å². The Morgan fingerprint density at radius 2 is 1.82 bits per heavy atom. The molecule has 0 unspecified atom stereocenters. The van der Waals surface area contributed by atoms with Gasteiger partial charge < -0.3 is 10.3 Å². The molecule has 0 saturated heterocycles. The van der Waals surface area contributed by atoms with Crippen LogP contribution >= 0.6 is 0 Å². The van der Waals surface area contributed by atoms with Crippen molar-refractivity contribution in [3.8, 4) is 0 Å². The van der Waals surface area contributed by atoms with E-state index in [0.717, 1.165) is 69.6 Å². The molecule has 0 saturated carbocycles. The molecule has 2 heterocycles. The molecule has 1 atom stereocenters. The Bertz CT molecular complexity index is 1200. The summed E-state index contributed by atoms with van der Waals surface area (Å²) >= 11 is 0. The van der Waals surface area contributed by atoms with Gasteiger partial charge in [-0.15, -0.1) is 0 Å². The van der Waals surface area contributed by atoms with Crippen LogP contribution in [0.25, 0.3) is 11.0 Å². The Morgan fingerprint density at radius 3 is 2.71 bits per heavy atom. The van der Waals surface area contributed by atoms with Crippen LogP contribution in [0.15, 0.2) is 72.9 Å². The molecule has 176 valence electrons. The number of rotatable bonds is 10. The average molecular weight is 454 g/mol. The number of fused-ring (bicyclic) bond motifs is 2. The van der Waals surface area contributed by atoms with Gasteiger partial charge in [-0.1, -0.05) is 48.5 Å². The van der Waals surface area contributed by atoms with Crippen molar-refractivity contribution in [1.82, 2.24) is 19.4 Å². The molecule has 2 aromatic heterocycles. The molecule has 5 rings (SSSR count). The summed E-state index contributed by atoms with van der Waals surface area (Å²) in [5.74, 6) is 1.15. The summed E-state index contributed by atoms with van der Waals surface area (Å²) in [5, 5.41) is 0. The normalized spacial score (nSPS) is 15.6. The Labute approximate surface area is 202 Å². The van der Waals surface area contributed by atoms with Crippen LogP contribution in [0.4, 0.5) is 0 Å². The third kappa shape index (κ3) is 5.06. The van der Waals surface area contributed by atoms with Crippen molar-refractivity contribution in [2.45, 2.75) is 57.7 Å². The van der Waals surface area contributed by atoms with E-state index in [2.05, 4.69) is 76.2 Å². The fraction of sp³-hybridized carbons (Fsp3) is 0.379. The minimum atomic E-state index is 0.325. The van der Waals surface area contributed by atoms with E-state index in [0.29, 0.717) is 6.04 Å². The van der Waals surface area contributed by atoms with Crippen LogP contribution in [-0.2, 0) is 25.9 Å². The van der Waals surface area contributed by atoms with Crippen molar-refractivity contribution >= 4 is 11.0 Å². The molecule has 0 radical (unpaired) electrons. The highest BCUT2D eigenvalue weighted by Gasteiger charge is 2.28. The molecule has 4 aromatic rings. The number of hydrogen-bond acceptors (Lipinski definition) is 4. The first kappa shape index (κ1) is 22.8. The standard InChI is InChI=1S/C29H35N5/c30-18-6-7-20-34-26-15-5-4-14-25(26)32-28(34)22-33(21-17-23-10-2-1-3-11-23)27-16-8-12-24-13-9-19-31-29(24)27/h1-5,9-11,13-15,19,27H,6-8,12,16-18,20-22,30H2/t27-/m0/s1. The van der Waals surface area contributed by atoms with E-state index in [1.54, 1.807) is 0 Å². The van der Waals surface area contributed by atoms with Crippen LogP contribution in [0, 0.1) is 0 Å². The molecular formula is C29H35N5. The zero-order valence-corrected chi connectivity index (χ0v) is 19.9. The predicted octanol–water partition coefficient (Wildman–Crippen LogP) is 5.29. The fourth-order valence-electron chi connectivity index (χ4n) is 5.29.